The summed E-state index contributed by atoms with van der Waals surface area (Å²) in [7, 11) is 0. The van der Waals surface area contributed by atoms with Crippen LogP contribution in [0.3, 0.4) is 0 Å². The van der Waals surface area contributed by atoms with E-state index in [0.717, 1.165) is 51.0 Å². The molecule has 0 bridgehead atoms. The molecule has 0 radical (unpaired) electrons. The van der Waals surface area contributed by atoms with Crippen molar-refractivity contribution < 1.29 is 33.9 Å². The van der Waals surface area contributed by atoms with Crippen LogP contribution in [0.4, 0.5) is 0 Å². The zero-order valence-electron chi connectivity index (χ0n) is 28.2. The second kappa shape index (κ2) is 21.2. The van der Waals surface area contributed by atoms with Crippen LogP contribution < -0.4 is 5.32 Å². The average Bonchev–Trinajstić information content (AvgIpc) is 3.53. The van der Waals surface area contributed by atoms with Crippen molar-refractivity contribution in [2.45, 2.75) is 19.3 Å². The number of carbonyl (C=O) groups excluding carboxylic acids is 3. The van der Waals surface area contributed by atoms with E-state index in [1.807, 2.05) is 103 Å². The van der Waals surface area contributed by atoms with Crippen LogP contribution >= 0.6 is 0 Å². The zero-order valence-corrected chi connectivity index (χ0v) is 29.9. The van der Waals surface area contributed by atoms with Gasteiger partial charge in [-0.05, 0) is 91.2 Å². The molecule has 6 aromatic heterocycles. The number of aryl methyl sites for hydroxylation is 1. The Balaban J connectivity index is 0.000000199. The number of aromatic nitrogens is 6. The summed E-state index contributed by atoms with van der Waals surface area (Å²) < 4.78 is 0. The van der Waals surface area contributed by atoms with E-state index in [2.05, 4.69) is 35.2 Å². The SMILES string of the molecule is O=C(CCCc1ccnc(-c2ccccn2)c1)NCCN1C(=O)C=CC1=O.[Ru].c1ccc(-c2ccccn2)nc1.c1ccc(-c2ccccn2)nc1. The molecule has 1 aliphatic heterocycles. The largest absolute Gasteiger partial charge is 0.354 e. The van der Waals surface area contributed by atoms with Crippen molar-refractivity contribution in [2.75, 3.05) is 13.1 Å². The zero-order chi connectivity index (χ0) is 35.5. The molecule has 1 aliphatic rings. The Kier molecular flexibility index (Phi) is 15.7. The maximum Gasteiger partial charge on any atom is 0.253 e. The van der Waals surface area contributed by atoms with Gasteiger partial charge in [-0.1, -0.05) is 30.3 Å². The second-order valence-electron chi connectivity index (χ2n) is 11.0. The molecule has 0 saturated heterocycles. The van der Waals surface area contributed by atoms with Crippen LogP contribution in [0.25, 0.3) is 34.2 Å². The summed E-state index contributed by atoms with van der Waals surface area (Å²) in [6.45, 7) is 0.450. The fourth-order valence-corrected chi connectivity index (χ4v) is 4.84. The summed E-state index contributed by atoms with van der Waals surface area (Å²) in [5, 5.41) is 2.74. The Morgan fingerprint density at radius 1 is 0.538 bits per heavy atom. The average molecular weight is 778 g/mol. The number of hydrogen-bond acceptors (Lipinski definition) is 9. The molecule has 0 atom stereocenters. The number of nitrogens with one attached hydrogen (secondary N) is 1. The van der Waals surface area contributed by atoms with E-state index >= 15 is 0 Å². The van der Waals surface area contributed by atoms with Crippen molar-refractivity contribution in [1.82, 2.24) is 40.1 Å². The maximum absolute atomic E-state index is 11.9. The molecule has 262 valence electrons. The van der Waals surface area contributed by atoms with Crippen LogP contribution in [-0.4, -0.2) is 65.6 Å². The van der Waals surface area contributed by atoms with Crippen LogP contribution in [0.1, 0.15) is 18.4 Å². The topological polar surface area (TPSA) is 144 Å². The van der Waals surface area contributed by atoms with Gasteiger partial charge in [-0.15, -0.1) is 0 Å². The Morgan fingerprint density at radius 3 is 1.35 bits per heavy atom. The van der Waals surface area contributed by atoms with Gasteiger partial charge in [-0.25, -0.2) is 0 Å². The number of rotatable bonds is 10. The van der Waals surface area contributed by atoms with Gasteiger partial charge in [0.2, 0.25) is 5.91 Å². The van der Waals surface area contributed by atoms with E-state index in [9.17, 15) is 14.4 Å². The minimum atomic E-state index is -0.337. The number of carbonyl (C=O) groups is 3. The first-order valence-corrected chi connectivity index (χ1v) is 16.4. The number of nitrogens with zero attached hydrogens (tertiary/aromatic N) is 7. The molecule has 0 spiro atoms. The molecule has 1 N–H and O–H groups in total. The summed E-state index contributed by atoms with van der Waals surface area (Å²) in [6, 6.07) is 32.8. The van der Waals surface area contributed by atoms with Crippen LogP contribution in [0, 0.1) is 0 Å². The van der Waals surface area contributed by atoms with Crippen molar-refractivity contribution in [3.63, 3.8) is 0 Å². The minimum Gasteiger partial charge on any atom is -0.354 e. The third kappa shape index (κ3) is 12.3. The smallest absolute Gasteiger partial charge is 0.253 e. The van der Waals surface area contributed by atoms with Crippen LogP contribution in [0.2, 0.25) is 0 Å². The van der Waals surface area contributed by atoms with E-state index < -0.39 is 0 Å². The Bertz CT molecular complexity index is 1840. The van der Waals surface area contributed by atoms with Crippen LogP contribution in [-0.2, 0) is 40.3 Å². The van der Waals surface area contributed by atoms with Crippen molar-refractivity contribution in [1.29, 1.82) is 0 Å². The molecule has 52 heavy (non-hydrogen) atoms. The molecular weight excluding hydrogens is 742 g/mol. The van der Waals surface area contributed by atoms with E-state index in [0.29, 0.717) is 12.8 Å². The fourth-order valence-electron chi connectivity index (χ4n) is 4.84. The molecular formula is C40H36N8O3Ru. The molecule has 3 amide bonds. The maximum atomic E-state index is 11.9. The molecule has 6 aromatic rings. The van der Waals surface area contributed by atoms with E-state index in [-0.39, 0.29) is 50.3 Å². The van der Waals surface area contributed by atoms with Gasteiger partial charge in [0.1, 0.15) is 0 Å². The molecule has 0 saturated carbocycles. The van der Waals surface area contributed by atoms with Crippen molar-refractivity contribution >= 4 is 17.7 Å². The third-order valence-electron chi connectivity index (χ3n) is 7.36. The summed E-state index contributed by atoms with van der Waals surface area (Å²) in [4.78, 5) is 61.2. The first kappa shape index (κ1) is 38.7. The fraction of sp³-hybridized carbons (Fsp3) is 0.125. The summed E-state index contributed by atoms with van der Waals surface area (Å²) in [5.41, 5.74) is 6.38. The van der Waals surface area contributed by atoms with Gasteiger partial charge in [0.05, 0.1) is 34.2 Å². The summed E-state index contributed by atoms with van der Waals surface area (Å²) in [5.74, 6) is -0.771. The molecule has 0 aliphatic carbocycles. The summed E-state index contributed by atoms with van der Waals surface area (Å²) in [6.07, 6.45) is 14.8. The first-order valence-electron chi connectivity index (χ1n) is 16.4. The van der Waals surface area contributed by atoms with Gasteiger partial charge in [-0.3, -0.25) is 49.2 Å². The van der Waals surface area contributed by atoms with Crippen LogP contribution in [0.15, 0.2) is 152 Å². The normalized spacial score (nSPS) is 11.3. The van der Waals surface area contributed by atoms with Crippen molar-refractivity contribution in [2.24, 2.45) is 0 Å². The standard InChI is InChI=1S/C20H20N4O3.2C10H8N2.Ru/c25-18(23-12-13-24-19(26)7-8-20(24)27)6-3-4-15-9-11-22-17(14-15)16-5-1-2-10-21-16;2*1-3-7-11-9(5-1)10-6-2-4-8-12-10;/h1-2,5,7-11,14H,3-4,6,12-13H2,(H,23,25);2*1-8H;. The van der Waals surface area contributed by atoms with Gasteiger partial charge < -0.3 is 5.32 Å². The van der Waals surface area contributed by atoms with E-state index in [4.69, 9.17) is 0 Å². The monoisotopic (exact) mass is 778 g/mol. The van der Waals surface area contributed by atoms with Crippen LogP contribution in [0.5, 0.6) is 0 Å². The summed E-state index contributed by atoms with van der Waals surface area (Å²) >= 11 is 0. The van der Waals surface area contributed by atoms with E-state index in [1.54, 1.807) is 37.2 Å². The molecule has 0 aromatic carbocycles. The Hall–Kier alpha value is -6.13. The predicted octanol–water partition coefficient (Wildman–Crippen LogP) is 5.79. The molecule has 11 nitrogen and oxygen atoms in total. The third-order valence-corrected chi connectivity index (χ3v) is 7.36. The number of imide groups is 1. The molecule has 7 heterocycles. The second-order valence-corrected chi connectivity index (χ2v) is 11.0. The van der Waals surface area contributed by atoms with E-state index in [1.165, 1.54) is 12.2 Å². The minimum absolute atomic E-state index is 0. The predicted molar refractivity (Wildman–Crippen MR) is 194 cm³/mol. The van der Waals surface area contributed by atoms with Gasteiger partial charge >= 0.3 is 0 Å². The first-order chi connectivity index (χ1) is 25.1. The van der Waals surface area contributed by atoms with Gasteiger partial charge in [0.15, 0.2) is 0 Å². The quantitative estimate of drug-likeness (QED) is 0.135. The van der Waals surface area contributed by atoms with Gasteiger partial charge in [-0.2, -0.15) is 0 Å². The van der Waals surface area contributed by atoms with Crippen molar-refractivity contribution in [3.05, 3.63) is 158 Å². The van der Waals surface area contributed by atoms with Gasteiger partial charge in [0, 0.05) is 88.3 Å². The van der Waals surface area contributed by atoms with Gasteiger partial charge in [0.25, 0.3) is 11.8 Å². The Labute approximate surface area is 315 Å². The molecule has 0 fully saturated rings. The number of amides is 3. The molecule has 12 heteroatoms. The molecule has 0 unspecified atom stereocenters. The Morgan fingerprint density at radius 2 is 0.942 bits per heavy atom. The number of hydrogen-bond donors (Lipinski definition) is 1. The number of pyridine rings is 6. The molecule has 7 rings (SSSR count). The van der Waals surface area contributed by atoms with Crippen molar-refractivity contribution in [3.8, 4) is 34.2 Å².